The molecular weight excluding hydrogens is 671 g/mol. The molecule has 0 radical (unpaired) electrons. The van der Waals surface area contributed by atoms with E-state index in [4.69, 9.17) is 0 Å². The Morgan fingerprint density at radius 1 is 0.904 bits per heavy atom. The van der Waals surface area contributed by atoms with E-state index in [1.807, 2.05) is 67.6 Å². The summed E-state index contributed by atoms with van der Waals surface area (Å²) in [5.74, 6) is 0.517. The van der Waals surface area contributed by atoms with Crippen molar-refractivity contribution in [1.82, 2.24) is 14.8 Å². The van der Waals surface area contributed by atoms with E-state index < -0.39 is 21.3 Å². The number of carbonyl (C=O) groups is 1. The molecule has 3 aliphatic rings. The summed E-state index contributed by atoms with van der Waals surface area (Å²) in [4.78, 5) is 23.9. The van der Waals surface area contributed by atoms with Crippen LogP contribution in [-0.2, 0) is 15.3 Å². The SMILES string of the molecule is C[C@@H](c1ccccc1)N(C(=O)O)C1CCCC1C(C#N)(c1ccccc1)C1CCN(CC2CN(c3ccc(S(=O)(=O)c4ccncc4)cc3)C2)CC1. The molecule has 9 nitrogen and oxygen atoms in total. The Morgan fingerprint density at radius 2 is 1.52 bits per heavy atom. The van der Waals surface area contributed by atoms with Crippen LogP contribution in [0.5, 0.6) is 0 Å². The predicted molar refractivity (Wildman–Crippen MR) is 201 cm³/mol. The summed E-state index contributed by atoms with van der Waals surface area (Å²) in [5, 5.41) is 21.9. The van der Waals surface area contributed by atoms with Crippen LogP contribution in [0.1, 0.15) is 56.2 Å². The standard InChI is InChI=1S/C42H47N5O4S/c1-31(33-9-4-2-5-10-33)47(41(48)49)40-14-8-13-39(40)42(30-43,34-11-6-3-7-12-34)35-21-25-45(26-22-35)27-32-28-46(29-32)36-15-17-37(18-16-36)52(50,51)38-19-23-44-24-20-38/h2-7,9-12,15-20,23-24,31-32,35,39-40H,8,13-14,21-22,25-29H2,1H3,(H,48,49)/t31-,39?,40?,42?/m0/s1. The number of benzene rings is 3. The summed E-state index contributed by atoms with van der Waals surface area (Å²) in [6, 6.07) is 32.5. The fraction of sp³-hybridized carbons (Fsp3) is 0.405. The smallest absolute Gasteiger partial charge is 0.408 e. The van der Waals surface area contributed by atoms with Crippen molar-refractivity contribution in [2.45, 2.75) is 66.3 Å². The zero-order chi connectivity index (χ0) is 36.3. The van der Waals surface area contributed by atoms with Crippen LogP contribution in [0.15, 0.2) is 119 Å². The lowest BCUT2D eigenvalue weighted by Gasteiger charge is -2.49. The number of pyridine rings is 1. The number of rotatable bonds is 11. The molecular formula is C42H47N5O4S. The van der Waals surface area contributed by atoms with E-state index in [2.05, 4.69) is 33.0 Å². The molecule has 3 aromatic carbocycles. The van der Waals surface area contributed by atoms with Crippen LogP contribution >= 0.6 is 0 Å². The number of hydrogen-bond donors (Lipinski definition) is 1. The summed E-state index contributed by atoms with van der Waals surface area (Å²) in [5.41, 5.74) is 2.21. The Hall–Kier alpha value is -4.72. The van der Waals surface area contributed by atoms with Crippen molar-refractivity contribution >= 4 is 21.6 Å². The largest absolute Gasteiger partial charge is 0.465 e. The highest BCUT2D eigenvalue weighted by molar-refractivity contribution is 7.91. The first-order valence-corrected chi connectivity index (χ1v) is 20.0. The van der Waals surface area contributed by atoms with Gasteiger partial charge in [0.25, 0.3) is 0 Å². The minimum atomic E-state index is -3.58. The predicted octanol–water partition coefficient (Wildman–Crippen LogP) is 7.43. The fourth-order valence-corrected chi connectivity index (χ4v) is 10.6. The Kier molecular flexibility index (Phi) is 10.4. The monoisotopic (exact) mass is 717 g/mol. The van der Waals surface area contributed by atoms with Crippen LogP contribution in [0.25, 0.3) is 0 Å². The van der Waals surface area contributed by atoms with Gasteiger partial charge in [-0.15, -0.1) is 0 Å². The first kappa shape index (κ1) is 35.7. The summed E-state index contributed by atoms with van der Waals surface area (Å²) in [6.45, 7) is 6.59. The van der Waals surface area contributed by atoms with Crippen molar-refractivity contribution in [3.63, 3.8) is 0 Å². The summed E-state index contributed by atoms with van der Waals surface area (Å²) in [7, 11) is -3.58. The van der Waals surface area contributed by atoms with Crippen LogP contribution < -0.4 is 4.90 Å². The van der Waals surface area contributed by atoms with Gasteiger partial charge in [-0.25, -0.2) is 13.2 Å². The number of nitrogens with zero attached hydrogens (tertiary/aromatic N) is 5. The lowest BCUT2D eigenvalue weighted by atomic mass is 9.59. The molecule has 7 rings (SSSR count). The highest BCUT2D eigenvalue weighted by atomic mass is 32.2. The normalized spacial score (nSPS) is 21.8. The van der Waals surface area contributed by atoms with E-state index in [-0.39, 0.29) is 33.7 Å². The minimum absolute atomic E-state index is 0.107. The van der Waals surface area contributed by atoms with Gasteiger partial charge in [-0.1, -0.05) is 67.1 Å². The van der Waals surface area contributed by atoms with E-state index in [0.717, 1.165) is 81.6 Å². The van der Waals surface area contributed by atoms with E-state index in [9.17, 15) is 23.6 Å². The zero-order valence-electron chi connectivity index (χ0n) is 29.7. The molecule has 4 aromatic rings. The molecule has 3 heterocycles. The Morgan fingerprint density at radius 3 is 2.13 bits per heavy atom. The number of nitriles is 1. The van der Waals surface area contributed by atoms with Crippen molar-refractivity contribution in [1.29, 1.82) is 5.26 Å². The minimum Gasteiger partial charge on any atom is -0.465 e. The summed E-state index contributed by atoms with van der Waals surface area (Å²) < 4.78 is 26.0. The average Bonchev–Trinajstić information content (AvgIpc) is 3.64. The molecule has 0 spiro atoms. The van der Waals surface area contributed by atoms with Crippen LogP contribution in [0, 0.1) is 29.1 Å². The summed E-state index contributed by atoms with van der Waals surface area (Å²) in [6.07, 6.45) is 6.30. The van der Waals surface area contributed by atoms with Gasteiger partial charge in [0.1, 0.15) is 0 Å². The van der Waals surface area contributed by atoms with E-state index in [0.29, 0.717) is 5.92 Å². The van der Waals surface area contributed by atoms with Crippen molar-refractivity contribution in [2.75, 3.05) is 37.6 Å². The molecule has 10 heteroatoms. The number of likely N-dealkylation sites (tertiary alicyclic amines) is 1. The molecule has 4 atom stereocenters. The quantitative estimate of drug-likeness (QED) is 0.170. The molecule has 3 unspecified atom stereocenters. The third kappa shape index (κ3) is 6.80. The highest BCUT2D eigenvalue weighted by Gasteiger charge is 2.54. The second-order valence-corrected chi connectivity index (χ2v) is 16.7. The maximum absolute atomic E-state index is 13.0. The second-order valence-electron chi connectivity index (χ2n) is 14.8. The molecule has 2 saturated heterocycles. The zero-order valence-corrected chi connectivity index (χ0v) is 30.5. The highest BCUT2D eigenvalue weighted by Crippen LogP contribution is 2.52. The number of sulfone groups is 1. The van der Waals surface area contributed by atoms with Crippen molar-refractivity contribution in [3.8, 4) is 6.07 Å². The van der Waals surface area contributed by atoms with Gasteiger partial charge in [0.05, 0.1) is 27.3 Å². The number of anilines is 1. The molecule has 1 amide bonds. The molecule has 3 fully saturated rings. The van der Waals surface area contributed by atoms with Crippen LogP contribution in [-0.4, -0.2) is 73.2 Å². The molecule has 2 aliphatic heterocycles. The van der Waals surface area contributed by atoms with Crippen LogP contribution in [0.3, 0.4) is 0 Å². The van der Waals surface area contributed by atoms with Gasteiger partial charge < -0.3 is 14.9 Å². The molecule has 0 bridgehead atoms. The molecule has 1 saturated carbocycles. The lowest BCUT2D eigenvalue weighted by Crippen LogP contribution is -2.55. The number of carboxylic acid groups (broad SMARTS) is 1. The van der Waals surface area contributed by atoms with Gasteiger partial charge in [-0.05, 0) is 99.1 Å². The van der Waals surface area contributed by atoms with Gasteiger partial charge in [0.15, 0.2) is 0 Å². The van der Waals surface area contributed by atoms with Gasteiger partial charge in [-0.3, -0.25) is 9.88 Å². The first-order chi connectivity index (χ1) is 25.2. The number of piperidine rings is 1. The summed E-state index contributed by atoms with van der Waals surface area (Å²) >= 11 is 0. The second kappa shape index (κ2) is 15.1. The van der Waals surface area contributed by atoms with Crippen molar-refractivity contribution in [2.24, 2.45) is 17.8 Å². The van der Waals surface area contributed by atoms with Crippen molar-refractivity contribution < 1.29 is 18.3 Å². The molecule has 52 heavy (non-hydrogen) atoms. The average molecular weight is 718 g/mol. The third-order valence-corrected chi connectivity index (χ3v) is 13.7. The van der Waals surface area contributed by atoms with E-state index in [1.165, 1.54) is 24.5 Å². The molecule has 1 aliphatic carbocycles. The maximum Gasteiger partial charge on any atom is 0.408 e. The van der Waals surface area contributed by atoms with Gasteiger partial charge in [0.2, 0.25) is 9.84 Å². The Bertz CT molecular complexity index is 1960. The van der Waals surface area contributed by atoms with Crippen LogP contribution in [0.2, 0.25) is 0 Å². The van der Waals surface area contributed by atoms with Gasteiger partial charge in [-0.2, -0.15) is 5.26 Å². The lowest BCUT2D eigenvalue weighted by molar-refractivity contribution is 0.0495. The fourth-order valence-electron chi connectivity index (χ4n) is 9.32. The first-order valence-electron chi connectivity index (χ1n) is 18.5. The van der Waals surface area contributed by atoms with E-state index >= 15 is 0 Å². The molecule has 270 valence electrons. The van der Waals surface area contributed by atoms with Gasteiger partial charge >= 0.3 is 6.09 Å². The third-order valence-electron chi connectivity index (χ3n) is 12.0. The maximum atomic E-state index is 13.0. The van der Waals surface area contributed by atoms with Crippen molar-refractivity contribution in [3.05, 3.63) is 121 Å². The number of amides is 1. The molecule has 1 N–H and O–H groups in total. The van der Waals surface area contributed by atoms with Gasteiger partial charge in [0, 0.05) is 55.6 Å². The Labute approximate surface area is 307 Å². The number of aromatic nitrogens is 1. The molecule has 1 aromatic heterocycles. The Balaban J connectivity index is 1.02. The van der Waals surface area contributed by atoms with E-state index in [1.54, 1.807) is 17.0 Å². The van der Waals surface area contributed by atoms with Crippen LogP contribution in [0.4, 0.5) is 10.5 Å². The number of hydrogen-bond acceptors (Lipinski definition) is 7. The topological polar surface area (TPSA) is 118 Å².